The van der Waals surface area contributed by atoms with Gasteiger partial charge in [-0.3, -0.25) is 34.2 Å². The molecule has 3 N–H and O–H groups in total. The van der Waals surface area contributed by atoms with Crippen LogP contribution in [0.2, 0.25) is 0 Å². The number of amides is 4. The molecule has 5 aliphatic rings. The van der Waals surface area contributed by atoms with Crippen molar-refractivity contribution in [3.63, 3.8) is 0 Å². The molecule has 0 unspecified atom stereocenters. The lowest BCUT2D eigenvalue weighted by atomic mass is 9.49. The highest BCUT2D eigenvalue weighted by Gasteiger charge is 2.64. The molecule has 14 heteroatoms. The number of piperazine rings is 1. The predicted octanol–water partition coefficient (Wildman–Crippen LogP) is 4.42. The molecule has 1 saturated carbocycles. The molecule has 316 valence electrons. The number of H-pyrrole nitrogens is 1. The molecule has 1 aromatic heterocycles. The largest absolute Gasteiger partial charge is 0.488 e. The fourth-order valence-electron chi connectivity index (χ4n) is 11.0. The Labute approximate surface area is 354 Å². The highest BCUT2D eigenvalue weighted by atomic mass is 16.5. The Hall–Kier alpha value is -6.20. The van der Waals surface area contributed by atoms with Crippen molar-refractivity contribution < 1.29 is 23.9 Å². The number of pyridine rings is 1. The van der Waals surface area contributed by atoms with Crippen molar-refractivity contribution in [1.29, 1.82) is 5.26 Å². The number of nitriles is 1. The maximum atomic E-state index is 13.6. The number of imide groups is 1. The van der Waals surface area contributed by atoms with Gasteiger partial charge in [0.05, 0.1) is 11.1 Å². The molecule has 3 aromatic carbocycles. The van der Waals surface area contributed by atoms with Crippen LogP contribution in [0.3, 0.4) is 0 Å². The Morgan fingerprint density at radius 3 is 2.26 bits per heavy atom. The molecule has 1 aliphatic carbocycles. The molecular formula is C47H52N8O6. The first-order valence-corrected chi connectivity index (χ1v) is 21.2. The lowest BCUT2D eigenvalue weighted by Gasteiger charge is -2.63. The number of piperidine rings is 1. The number of anilines is 2. The first-order valence-electron chi connectivity index (χ1n) is 21.2. The van der Waals surface area contributed by atoms with E-state index in [9.17, 15) is 29.2 Å². The van der Waals surface area contributed by atoms with E-state index < -0.39 is 22.8 Å². The maximum Gasteiger partial charge on any atom is 0.255 e. The number of nitrogens with one attached hydrogen (secondary N) is 3. The molecule has 3 saturated heterocycles. The summed E-state index contributed by atoms with van der Waals surface area (Å²) in [6.45, 7) is 17.6. The van der Waals surface area contributed by atoms with Gasteiger partial charge in [-0.05, 0) is 72.6 Å². The smallest absolute Gasteiger partial charge is 0.255 e. The van der Waals surface area contributed by atoms with Crippen LogP contribution < -0.4 is 30.7 Å². The Morgan fingerprint density at radius 2 is 1.57 bits per heavy atom. The van der Waals surface area contributed by atoms with Gasteiger partial charge in [0.15, 0.2) is 0 Å². The van der Waals surface area contributed by atoms with Crippen molar-refractivity contribution in [3.05, 3.63) is 99.3 Å². The van der Waals surface area contributed by atoms with Crippen molar-refractivity contribution in [2.75, 3.05) is 55.6 Å². The van der Waals surface area contributed by atoms with E-state index in [4.69, 9.17) is 4.74 Å². The van der Waals surface area contributed by atoms with Gasteiger partial charge in [-0.25, -0.2) is 0 Å². The second kappa shape index (κ2) is 14.8. The molecule has 4 aliphatic heterocycles. The summed E-state index contributed by atoms with van der Waals surface area (Å²) in [6.07, 6.45) is 0.344. The van der Waals surface area contributed by atoms with Crippen LogP contribution >= 0.6 is 0 Å². The minimum Gasteiger partial charge on any atom is -0.488 e. The molecule has 4 aromatic rings. The number of hydrogen-bond acceptors (Lipinski definition) is 10. The summed E-state index contributed by atoms with van der Waals surface area (Å²) in [5.41, 5.74) is 4.19. The Bertz CT molecular complexity index is 2550. The molecule has 61 heavy (non-hydrogen) atoms. The lowest BCUT2D eigenvalue weighted by molar-refractivity contribution is -0.163. The highest BCUT2D eigenvalue weighted by molar-refractivity contribution is 6.05. The van der Waals surface area contributed by atoms with Crippen molar-refractivity contribution in [3.8, 4) is 11.8 Å². The van der Waals surface area contributed by atoms with E-state index in [0.29, 0.717) is 46.3 Å². The highest BCUT2D eigenvalue weighted by Crippen LogP contribution is 2.56. The minimum absolute atomic E-state index is 0.132. The normalized spacial score (nSPS) is 24.0. The van der Waals surface area contributed by atoms with Crippen LogP contribution in [0.1, 0.15) is 79.3 Å². The van der Waals surface area contributed by atoms with Crippen LogP contribution in [-0.4, -0.2) is 102 Å². The zero-order valence-electron chi connectivity index (χ0n) is 35.3. The fourth-order valence-corrected chi connectivity index (χ4v) is 11.0. The van der Waals surface area contributed by atoms with Crippen molar-refractivity contribution >= 4 is 45.9 Å². The van der Waals surface area contributed by atoms with Crippen LogP contribution in [0.15, 0.2) is 71.5 Å². The van der Waals surface area contributed by atoms with E-state index in [1.165, 1.54) is 6.07 Å². The lowest BCUT2D eigenvalue weighted by Crippen LogP contribution is -2.74. The summed E-state index contributed by atoms with van der Waals surface area (Å²) >= 11 is 0. The Balaban J connectivity index is 0.754. The molecule has 5 heterocycles. The number of fused-ring (bicyclic) bond motifs is 2. The van der Waals surface area contributed by atoms with E-state index in [1.54, 1.807) is 23.1 Å². The van der Waals surface area contributed by atoms with Gasteiger partial charge in [0, 0.05) is 115 Å². The number of rotatable bonds is 9. The van der Waals surface area contributed by atoms with E-state index in [2.05, 4.69) is 77.1 Å². The number of aromatic nitrogens is 1. The minimum atomic E-state index is -0.615. The van der Waals surface area contributed by atoms with Crippen LogP contribution in [0, 0.1) is 27.6 Å². The molecule has 4 amide bonds. The third-order valence-electron chi connectivity index (χ3n) is 13.8. The monoisotopic (exact) mass is 824 g/mol. The molecule has 0 bridgehead atoms. The predicted molar refractivity (Wildman–Crippen MR) is 230 cm³/mol. The fraction of sp³-hybridized carbons (Fsp3) is 0.447. The third kappa shape index (κ3) is 7.08. The summed E-state index contributed by atoms with van der Waals surface area (Å²) in [5, 5.41) is 15.9. The van der Waals surface area contributed by atoms with Gasteiger partial charge in [-0.2, -0.15) is 5.26 Å². The molecular weight excluding hydrogens is 773 g/mol. The van der Waals surface area contributed by atoms with Crippen molar-refractivity contribution in [2.45, 2.75) is 72.2 Å². The molecule has 4 fully saturated rings. The van der Waals surface area contributed by atoms with Crippen LogP contribution in [0.4, 0.5) is 11.4 Å². The molecule has 0 spiro atoms. The number of carbonyl (C=O) groups is 4. The second-order valence-corrected chi connectivity index (χ2v) is 19.1. The number of hydrogen-bond donors (Lipinski definition) is 3. The standard InChI is InChI=1S/C47H52N8O6/c1-45(2)43(46(3,4)44(45)61-36-15-8-29(23-48)39-34(36)13-16-37(56)49-39)51-40(58)28-6-9-31(10-7-28)54-26-47(5,27-54)25-52-18-20-53(21-19-52)32-11-12-33-30(22-32)24-55(42(33)60)35-14-17-38(57)50-41(35)59/h6-13,15-16,22,35,43-44H,14,17-21,24-27H2,1-5H3,(H,49,56)(H,51,58)(H,50,57,59)/t35-,43?,44?/m0/s1. The zero-order valence-corrected chi connectivity index (χ0v) is 35.3. The maximum absolute atomic E-state index is 13.6. The summed E-state index contributed by atoms with van der Waals surface area (Å²) in [4.78, 5) is 74.6. The number of benzene rings is 3. The number of carbonyl (C=O) groups excluding carboxylic acids is 4. The summed E-state index contributed by atoms with van der Waals surface area (Å²) in [5.74, 6) is -0.384. The zero-order chi connectivity index (χ0) is 43.0. The van der Waals surface area contributed by atoms with Gasteiger partial charge in [-0.15, -0.1) is 0 Å². The molecule has 1 atom stereocenters. The Kier molecular flexibility index (Phi) is 9.73. The van der Waals surface area contributed by atoms with Crippen LogP contribution in [0.5, 0.6) is 5.75 Å². The Morgan fingerprint density at radius 1 is 0.869 bits per heavy atom. The topological polar surface area (TPSA) is 171 Å². The molecule has 9 rings (SSSR count). The average Bonchev–Trinajstić information content (AvgIpc) is 3.55. The second-order valence-electron chi connectivity index (χ2n) is 19.1. The first kappa shape index (κ1) is 40.2. The van der Waals surface area contributed by atoms with E-state index in [0.717, 1.165) is 62.8 Å². The average molecular weight is 825 g/mol. The number of ether oxygens (including phenoxy) is 1. The summed E-state index contributed by atoms with van der Waals surface area (Å²) in [7, 11) is 0. The number of nitrogens with zero attached hydrogens (tertiary/aromatic N) is 5. The SMILES string of the molecule is CC1(CN2CCN(c3ccc4c(c3)CN([C@H]3CCC(=O)NC3=O)C4=O)CC2)CN(c2ccc(C(=O)NC3C(C)(C)C(Oc4ccc(C#N)c5[nH]c(=O)ccc45)C3(C)C)cc2)C1. The van der Waals surface area contributed by atoms with E-state index in [1.807, 2.05) is 36.4 Å². The number of aromatic amines is 1. The van der Waals surface area contributed by atoms with Gasteiger partial charge in [0.2, 0.25) is 17.4 Å². The van der Waals surface area contributed by atoms with Gasteiger partial charge >= 0.3 is 0 Å². The van der Waals surface area contributed by atoms with E-state index >= 15 is 0 Å². The van der Waals surface area contributed by atoms with E-state index in [-0.39, 0.29) is 47.3 Å². The van der Waals surface area contributed by atoms with Gasteiger partial charge in [0.1, 0.15) is 24.0 Å². The van der Waals surface area contributed by atoms with Crippen LogP contribution in [0.25, 0.3) is 10.9 Å². The molecule has 0 radical (unpaired) electrons. The quantitative estimate of drug-likeness (QED) is 0.206. The molecule has 14 nitrogen and oxygen atoms in total. The van der Waals surface area contributed by atoms with Crippen LogP contribution in [-0.2, 0) is 16.1 Å². The van der Waals surface area contributed by atoms with Crippen molar-refractivity contribution in [1.82, 2.24) is 25.4 Å². The van der Waals surface area contributed by atoms with Gasteiger partial charge < -0.3 is 29.7 Å². The summed E-state index contributed by atoms with van der Waals surface area (Å²) in [6, 6.07) is 21.7. The van der Waals surface area contributed by atoms with Crippen molar-refractivity contribution in [2.24, 2.45) is 16.2 Å². The van der Waals surface area contributed by atoms with Gasteiger partial charge in [-0.1, -0.05) is 34.6 Å². The first-order chi connectivity index (χ1) is 29.0. The summed E-state index contributed by atoms with van der Waals surface area (Å²) < 4.78 is 6.62. The van der Waals surface area contributed by atoms with Gasteiger partial charge in [0.25, 0.3) is 11.8 Å². The third-order valence-corrected chi connectivity index (χ3v) is 13.8.